The molecule has 26 heavy (non-hydrogen) atoms. The number of aryl methyl sites for hydroxylation is 1. The van der Waals surface area contributed by atoms with Gasteiger partial charge in [0.15, 0.2) is 5.82 Å². The number of amides is 1. The van der Waals surface area contributed by atoms with Gasteiger partial charge in [-0.25, -0.2) is 8.91 Å². The lowest BCUT2D eigenvalue weighted by Gasteiger charge is -2.02. The summed E-state index contributed by atoms with van der Waals surface area (Å²) in [7, 11) is 0. The van der Waals surface area contributed by atoms with Crippen LogP contribution in [-0.2, 0) is 6.42 Å². The molecule has 0 fully saturated rings. The van der Waals surface area contributed by atoms with Gasteiger partial charge in [0.25, 0.3) is 5.91 Å². The van der Waals surface area contributed by atoms with Crippen LogP contribution in [0.15, 0.2) is 41.1 Å². The highest BCUT2D eigenvalue weighted by Gasteiger charge is 2.13. The van der Waals surface area contributed by atoms with Crippen LogP contribution in [0.4, 0.5) is 4.39 Å². The summed E-state index contributed by atoms with van der Waals surface area (Å²) in [6.07, 6.45) is 0.641. The second-order valence-electron chi connectivity index (χ2n) is 5.86. The number of aromatic nitrogens is 3. The summed E-state index contributed by atoms with van der Waals surface area (Å²) < 4.78 is 15.2. The van der Waals surface area contributed by atoms with E-state index in [0.29, 0.717) is 29.2 Å². The molecule has 0 radical (unpaired) electrons. The first kappa shape index (κ1) is 16.9. The Hall–Kier alpha value is -2.58. The van der Waals surface area contributed by atoms with E-state index in [-0.39, 0.29) is 11.7 Å². The largest absolute Gasteiger partial charge is 0.351 e. The number of fused-ring (bicyclic) bond motifs is 1. The third-order valence-electron chi connectivity index (χ3n) is 3.85. The average Bonchev–Trinajstić information content (AvgIpc) is 3.31. The molecule has 0 saturated heterocycles. The van der Waals surface area contributed by atoms with Gasteiger partial charge in [-0.05, 0) is 36.1 Å². The lowest BCUT2D eigenvalue weighted by atomic mass is 10.2. The first-order chi connectivity index (χ1) is 12.6. The van der Waals surface area contributed by atoms with E-state index < -0.39 is 0 Å². The molecule has 8 heteroatoms. The summed E-state index contributed by atoms with van der Waals surface area (Å²) >= 11 is 2.92. The van der Waals surface area contributed by atoms with Crippen molar-refractivity contribution < 1.29 is 9.18 Å². The molecule has 132 valence electrons. The van der Waals surface area contributed by atoms with E-state index in [2.05, 4.69) is 15.4 Å². The standard InChI is InChI=1S/C18H15FN4OS2/c1-11-7-15(25-9-11)17(24)20-6-5-14-10-26-18-21-16(22-23(14)18)12-3-2-4-13(19)8-12/h2-4,7-10H,5-6H2,1H3,(H,20,24). The Morgan fingerprint density at radius 1 is 1.27 bits per heavy atom. The zero-order valence-corrected chi connectivity index (χ0v) is 15.5. The van der Waals surface area contributed by atoms with Gasteiger partial charge in [-0.2, -0.15) is 4.98 Å². The van der Waals surface area contributed by atoms with Crippen molar-refractivity contribution in [3.8, 4) is 11.4 Å². The van der Waals surface area contributed by atoms with Crippen molar-refractivity contribution in [1.29, 1.82) is 0 Å². The molecule has 1 amide bonds. The second-order valence-corrected chi connectivity index (χ2v) is 7.61. The van der Waals surface area contributed by atoms with Crippen molar-refractivity contribution in [2.75, 3.05) is 6.54 Å². The Labute approximate surface area is 157 Å². The molecular formula is C18H15FN4OS2. The Morgan fingerprint density at radius 2 is 2.15 bits per heavy atom. The number of nitrogens with zero attached hydrogens (tertiary/aromatic N) is 3. The van der Waals surface area contributed by atoms with Crippen LogP contribution in [0.25, 0.3) is 16.3 Å². The fourth-order valence-electron chi connectivity index (χ4n) is 2.59. The molecule has 0 aliphatic carbocycles. The van der Waals surface area contributed by atoms with Gasteiger partial charge in [0.1, 0.15) is 5.82 Å². The highest BCUT2D eigenvalue weighted by Crippen LogP contribution is 2.21. The van der Waals surface area contributed by atoms with Gasteiger partial charge >= 0.3 is 0 Å². The number of rotatable bonds is 5. The van der Waals surface area contributed by atoms with Crippen molar-refractivity contribution in [2.24, 2.45) is 0 Å². The normalized spacial score (nSPS) is 11.2. The maximum absolute atomic E-state index is 13.4. The van der Waals surface area contributed by atoms with Crippen molar-refractivity contribution in [1.82, 2.24) is 19.9 Å². The maximum Gasteiger partial charge on any atom is 0.261 e. The van der Waals surface area contributed by atoms with Crippen LogP contribution in [0.1, 0.15) is 20.9 Å². The van der Waals surface area contributed by atoms with Crippen LogP contribution in [0, 0.1) is 12.7 Å². The van der Waals surface area contributed by atoms with E-state index in [0.717, 1.165) is 16.2 Å². The minimum atomic E-state index is -0.313. The van der Waals surface area contributed by atoms with Crippen LogP contribution in [0.3, 0.4) is 0 Å². The Morgan fingerprint density at radius 3 is 2.92 bits per heavy atom. The zero-order valence-electron chi connectivity index (χ0n) is 13.9. The predicted octanol–water partition coefficient (Wildman–Crippen LogP) is 3.94. The Bertz CT molecular complexity index is 1080. The summed E-state index contributed by atoms with van der Waals surface area (Å²) in [6, 6.07) is 8.12. The Balaban J connectivity index is 1.46. The molecule has 3 heterocycles. The number of carbonyl (C=O) groups is 1. The van der Waals surface area contributed by atoms with E-state index in [4.69, 9.17) is 0 Å². The van der Waals surface area contributed by atoms with Gasteiger partial charge in [0.2, 0.25) is 4.96 Å². The number of thiazole rings is 1. The smallest absolute Gasteiger partial charge is 0.261 e. The summed E-state index contributed by atoms with van der Waals surface area (Å²) in [5.74, 6) is 0.122. The minimum Gasteiger partial charge on any atom is -0.351 e. The quantitative estimate of drug-likeness (QED) is 0.565. The van der Waals surface area contributed by atoms with Crippen LogP contribution < -0.4 is 5.32 Å². The van der Waals surface area contributed by atoms with Crippen molar-refractivity contribution >= 4 is 33.5 Å². The van der Waals surface area contributed by atoms with Crippen LogP contribution in [0.5, 0.6) is 0 Å². The van der Waals surface area contributed by atoms with Crippen molar-refractivity contribution in [3.63, 3.8) is 0 Å². The van der Waals surface area contributed by atoms with Crippen LogP contribution in [-0.4, -0.2) is 27.0 Å². The Kier molecular flexibility index (Phi) is 4.52. The number of carbonyl (C=O) groups excluding carboxylic acids is 1. The van der Waals surface area contributed by atoms with Gasteiger partial charge in [-0.1, -0.05) is 12.1 Å². The molecule has 1 N–H and O–H groups in total. The molecule has 3 aromatic heterocycles. The van der Waals surface area contributed by atoms with Crippen molar-refractivity contribution in [2.45, 2.75) is 13.3 Å². The summed E-state index contributed by atoms with van der Waals surface area (Å²) in [5.41, 5.74) is 2.70. The van der Waals surface area contributed by atoms with E-state index >= 15 is 0 Å². The molecule has 5 nitrogen and oxygen atoms in total. The topological polar surface area (TPSA) is 59.3 Å². The molecule has 1 aromatic carbocycles. The van der Waals surface area contributed by atoms with Gasteiger partial charge < -0.3 is 5.32 Å². The lowest BCUT2D eigenvalue weighted by Crippen LogP contribution is -2.25. The number of nitrogens with one attached hydrogen (secondary N) is 1. The fraction of sp³-hybridized carbons (Fsp3) is 0.167. The molecule has 0 bridgehead atoms. The molecule has 0 aliphatic rings. The number of halogens is 1. The SMILES string of the molecule is Cc1csc(C(=O)NCCc2csc3nc(-c4cccc(F)c4)nn23)c1. The number of benzene rings is 1. The molecule has 4 aromatic rings. The maximum atomic E-state index is 13.4. The number of hydrogen-bond acceptors (Lipinski definition) is 5. The van der Waals surface area contributed by atoms with E-state index in [1.54, 1.807) is 16.6 Å². The summed E-state index contributed by atoms with van der Waals surface area (Å²) in [4.78, 5) is 18.0. The van der Waals surface area contributed by atoms with E-state index in [9.17, 15) is 9.18 Å². The van der Waals surface area contributed by atoms with E-state index in [1.165, 1.54) is 34.8 Å². The highest BCUT2D eigenvalue weighted by atomic mass is 32.1. The average molecular weight is 386 g/mol. The first-order valence-electron chi connectivity index (χ1n) is 8.02. The number of thiophene rings is 1. The molecule has 0 saturated carbocycles. The van der Waals surface area contributed by atoms with Gasteiger partial charge in [0, 0.05) is 23.9 Å². The molecule has 0 atom stereocenters. The minimum absolute atomic E-state index is 0.0615. The summed E-state index contributed by atoms with van der Waals surface area (Å²) in [6.45, 7) is 2.48. The molecule has 0 spiro atoms. The van der Waals surface area contributed by atoms with E-state index in [1.807, 2.05) is 23.8 Å². The van der Waals surface area contributed by atoms with Gasteiger partial charge in [-0.15, -0.1) is 27.8 Å². The van der Waals surface area contributed by atoms with Crippen LogP contribution in [0.2, 0.25) is 0 Å². The first-order valence-corrected chi connectivity index (χ1v) is 9.78. The third-order valence-corrected chi connectivity index (χ3v) is 5.77. The predicted molar refractivity (Wildman–Crippen MR) is 101 cm³/mol. The van der Waals surface area contributed by atoms with Crippen molar-refractivity contribution in [3.05, 3.63) is 63.0 Å². The monoisotopic (exact) mass is 386 g/mol. The van der Waals surface area contributed by atoms with Gasteiger partial charge in [-0.3, -0.25) is 4.79 Å². The molecule has 0 unspecified atom stereocenters. The third kappa shape index (κ3) is 3.38. The highest BCUT2D eigenvalue weighted by molar-refractivity contribution is 7.15. The summed E-state index contributed by atoms with van der Waals surface area (Å²) in [5, 5.41) is 11.3. The molecule has 4 rings (SSSR count). The molecule has 0 aliphatic heterocycles. The zero-order chi connectivity index (χ0) is 18.1. The fourth-order valence-corrected chi connectivity index (χ4v) is 4.26. The lowest BCUT2D eigenvalue weighted by molar-refractivity contribution is 0.0958. The molecular weight excluding hydrogens is 371 g/mol. The van der Waals surface area contributed by atoms with Crippen LogP contribution >= 0.6 is 22.7 Å². The number of hydrogen-bond donors (Lipinski definition) is 1. The van der Waals surface area contributed by atoms with Gasteiger partial charge in [0.05, 0.1) is 10.6 Å². The second kappa shape index (κ2) is 6.97.